The largest absolute Gasteiger partial charge is 0.478 e. The molecule has 7 nitrogen and oxygen atoms in total. The van der Waals surface area contributed by atoms with Crippen molar-refractivity contribution >= 4 is 33.0 Å². The van der Waals surface area contributed by atoms with Crippen LogP contribution in [0.25, 0.3) is 0 Å². The number of anilines is 1. The smallest absolute Gasteiger partial charge is 0.335 e. The fourth-order valence-corrected chi connectivity index (χ4v) is 3.41. The number of carbonyl (C=O) groups is 1. The fraction of sp³-hybridized carbons (Fsp3) is 0.167. The molecular weight excluding hydrogens is 314 g/mol. The Hall–Kier alpha value is -1.97. The third-order valence-electron chi connectivity index (χ3n) is 2.70. The first kappa shape index (κ1) is 15.4. The van der Waals surface area contributed by atoms with Crippen LogP contribution in [0.3, 0.4) is 0 Å². The first-order valence-electron chi connectivity index (χ1n) is 5.90. The number of nitrogens with two attached hydrogens (primary N) is 1. The summed E-state index contributed by atoms with van der Waals surface area (Å²) in [6.45, 7) is 0.187. The maximum absolute atomic E-state index is 12.1. The van der Waals surface area contributed by atoms with Crippen molar-refractivity contribution in [1.82, 2.24) is 9.71 Å². The minimum absolute atomic E-state index is 0.0612. The Bertz CT molecular complexity index is 742. The van der Waals surface area contributed by atoms with Gasteiger partial charge >= 0.3 is 5.97 Å². The van der Waals surface area contributed by atoms with E-state index in [0.717, 1.165) is 11.8 Å². The molecule has 0 bridgehead atoms. The van der Waals surface area contributed by atoms with E-state index in [9.17, 15) is 13.2 Å². The molecule has 1 heterocycles. The lowest BCUT2D eigenvalue weighted by atomic mass is 10.2. The van der Waals surface area contributed by atoms with E-state index in [4.69, 9.17) is 10.8 Å². The van der Waals surface area contributed by atoms with Gasteiger partial charge in [-0.3, -0.25) is 0 Å². The predicted molar refractivity (Wildman–Crippen MR) is 78.8 cm³/mol. The molecule has 0 aliphatic rings. The Kier molecular flexibility index (Phi) is 4.56. The zero-order chi connectivity index (χ0) is 15.5. The number of sulfonamides is 1. The average Bonchev–Trinajstić information content (AvgIpc) is 2.91. The minimum Gasteiger partial charge on any atom is -0.478 e. The molecule has 0 unspecified atom stereocenters. The van der Waals surface area contributed by atoms with Gasteiger partial charge in [0.2, 0.25) is 10.0 Å². The maximum atomic E-state index is 12.1. The molecule has 2 rings (SSSR count). The van der Waals surface area contributed by atoms with Gasteiger partial charge in [-0.05, 0) is 18.2 Å². The van der Waals surface area contributed by atoms with E-state index in [2.05, 4.69) is 9.71 Å². The van der Waals surface area contributed by atoms with Gasteiger partial charge in [0.25, 0.3) is 0 Å². The summed E-state index contributed by atoms with van der Waals surface area (Å²) in [5, 5.41) is 10.7. The monoisotopic (exact) mass is 327 g/mol. The lowest BCUT2D eigenvalue weighted by Gasteiger charge is -2.09. The highest BCUT2D eigenvalue weighted by molar-refractivity contribution is 7.89. The van der Waals surface area contributed by atoms with E-state index in [0.29, 0.717) is 6.42 Å². The molecule has 0 saturated heterocycles. The highest BCUT2D eigenvalue weighted by Gasteiger charge is 2.18. The van der Waals surface area contributed by atoms with Crippen molar-refractivity contribution in [2.75, 3.05) is 12.3 Å². The lowest BCUT2D eigenvalue weighted by molar-refractivity contribution is 0.0697. The van der Waals surface area contributed by atoms with Gasteiger partial charge in [-0.1, -0.05) is 0 Å². The number of aromatic carboxylic acids is 1. The van der Waals surface area contributed by atoms with Crippen LogP contribution in [0.5, 0.6) is 0 Å². The van der Waals surface area contributed by atoms with Crippen molar-refractivity contribution in [1.29, 1.82) is 0 Å². The van der Waals surface area contributed by atoms with Crippen molar-refractivity contribution in [2.24, 2.45) is 0 Å². The first-order valence-corrected chi connectivity index (χ1v) is 8.32. The van der Waals surface area contributed by atoms with Crippen molar-refractivity contribution < 1.29 is 18.3 Å². The second-order valence-corrected chi connectivity index (χ2v) is 6.64. The number of hydrogen-bond acceptors (Lipinski definition) is 6. The van der Waals surface area contributed by atoms with E-state index in [1.54, 1.807) is 5.51 Å². The van der Waals surface area contributed by atoms with Crippen molar-refractivity contribution in [3.63, 3.8) is 0 Å². The minimum atomic E-state index is -3.78. The fourth-order valence-electron chi connectivity index (χ4n) is 1.68. The van der Waals surface area contributed by atoms with E-state index in [-0.39, 0.29) is 22.7 Å². The molecule has 0 spiro atoms. The third kappa shape index (κ3) is 3.78. The molecule has 0 aliphatic carbocycles. The van der Waals surface area contributed by atoms with Gasteiger partial charge in [-0.2, -0.15) is 0 Å². The van der Waals surface area contributed by atoms with Gasteiger partial charge < -0.3 is 10.8 Å². The molecule has 21 heavy (non-hydrogen) atoms. The van der Waals surface area contributed by atoms with Crippen LogP contribution in [-0.2, 0) is 16.4 Å². The molecule has 2 aromatic rings. The van der Waals surface area contributed by atoms with Crippen molar-refractivity contribution in [2.45, 2.75) is 11.3 Å². The molecule has 0 atom stereocenters. The molecule has 0 fully saturated rings. The topological polar surface area (TPSA) is 122 Å². The molecule has 4 N–H and O–H groups in total. The molecule has 1 aromatic heterocycles. The summed E-state index contributed by atoms with van der Waals surface area (Å²) in [6.07, 6.45) is 0.468. The van der Waals surface area contributed by atoms with Crippen LogP contribution < -0.4 is 10.5 Å². The molecule has 1 aromatic carbocycles. The Morgan fingerprint density at radius 1 is 1.43 bits per heavy atom. The summed E-state index contributed by atoms with van der Waals surface area (Å²) >= 11 is 1.44. The summed E-state index contributed by atoms with van der Waals surface area (Å²) in [5.41, 5.74) is 7.93. The van der Waals surface area contributed by atoms with Gasteiger partial charge in [-0.15, -0.1) is 11.3 Å². The van der Waals surface area contributed by atoms with Gasteiger partial charge in [0.05, 0.1) is 22.5 Å². The van der Waals surface area contributed by atoms with E-state index in [1.165, 1.54) is 23.5 Å². The average molecular weight is 327 g/mol. The van der Waals surface area contributed by atoms with Gasteiger partial charge in [-0.25, -0.2) is 22.9 Å². The Balaban J connectivity index is 2.10. The zero-order valence-corrected chi connectivity index (χ0v) is 12.4. The molecule has 0 saturated carbocycles. The number of nitrogens with zero attached hydrogens (tertiary/aromatic N) is 1. The second kappa shape index (κ2) is 6.20. The summed E-state index contributed by atoms with van der Waals surface area (Å²) in [7, 11) is -3.78. The molecular formula is C12H13N3O4S2. The number of nitrogen functional groups attached to an aromatic ring is 1. The van der Waals surface area contributed by atoms with Gasteiger partial charge in [0.1, 0.15) is 4.90 Å². The van der Waals surface area contributed by atoms with E-state index in [1.807, 2.05) is 5.38 Å². The maximum Gasteiger partial charge on any atom is 0.335 e. The molecule has 0 amide bonds. The Morgan fingerprint density at radius 3 is 2.76 bits per heavy atom. The number of carboxylic acid groups (broad SMARTS) is 1. The number of carboxylic acids is 1. The third-order valence-corrected chi connectivity index (χ3v) is 4.87. The van der Waals surface area contributed by atoms with Crippen LogP contribution in [0, 0.1) is 0 Å². The second-order valence-electron chi connectivity index (χ2n) is 4.19. The van der Waals surface area contributed by atoms with Gasteiger partial charge in [0.15, 0.2) is 0 Å². The Labute approximate surface area is 125 Å². The predicted octanol–water partition coefficient (Wildman–Crippen LogP) is 0.944. The summed E-state index contributed by atoms with van der Waals surface area (Å²) < 4.78 is 26.6. The summed E-state index contributed by atoms with van der Waals surface area (Å²) in [4.78, 5) is 14.7. The van der Waals surface area contributed by atoms with Crippen LogP contribution in [-0.4, -0.2) is 31.0 Å². The zero-order valence-electron chi connectivity index (χ0n) is 10.8. The van der Waals surface area contributed by atoms with Crippen LogP contribution in [0.2, 0.25) is 0 Å². The van der Waals surface area contributed by atoms with Crippen molar-refractivity contribution in [3.8, 4) is 0 Å². The van der Waals surface area contributed by atoms with Crippen LogP contribution >= 0.6 is 11.3 Å². The highest BCUT2D eigenvalue weighted by Crippen LogP contribution is 2.19. The van der Waals surface area contributed by atoms with Crippen LogP contribution in [0.4, 0.5) is 5.69 Å². The molecule has 112 valence electrons. The van der Waals surface area contributed by atoms with Gasteiger partial charge in [0, 0.05) is 18.3 Å². The number of benzene rings is 1. The highest BCUT2D eigenvalue weighted by atomic mass is 32.2. The lowest BCUT2D eigenvalue weighted by Crippen LogP contribution is -2.27. The van der Waals surface area contributed by atoms with E-state index < -0.39 is 16.0 Å². The number of thiazole rings is 1. The molecule has 0 aliphatic heterocycles. The normalized spacial score (nSPS) is 11.4. The quantitative estimate of drug-likeness (QED) is 0.679. The number of rotatable bonds is 6. The molecule has 0 radical (unpaired) electrons. The number of nitrogens with one attached hydrogen (secondary N) is 1. The Morgan fingerprint density at radius 2 is 2.19 bits per heavy atom. The summed E-state index contributed by atoms with van der Waals surface area (Å²) in [5.74, 6) is -1.16. The molecule has 9 heteroatoms. The summed E-state index contributed by atoms with van der Waals surface area (Å²) in [6, 6.07) is 3.51. The van der Waals surface area contributed by atoms with Crippen molar-refractivity contribution in [3.05, 3.63) is 40.3 Å². The number of hydrogen-bond donors (Lipinski definition) is 3. The van der Waals surface area contributed by atoms with Crippen LogP contribution in [0.1, 0.15) is 16.1 Å². The van der Waals surface area contributed by atoms with Crippen LogP contribution in [0.15, 0.2) is 34.0 Å². The SMILES string of the molecule is Nc1cc(C(=O)O)ccc1S(=O)(=O)NCCc1cscn1. The van der Waals surface area contributed by atoms with E-state index >= 15 is 0 Å². The number of aromatic nitrogens is 1. The first-order chi connectivity index (χ1) is 9.90. The standard InChI is InChI=1S/C12H13N3O4S2/c13-10-5-8(12(16)17)1-2-11(10)21(18,19)15-4-3-9-6-20-7-14-9/h1-2,5-7,15H,3-4,13H2,(H,16,17).